The van der Waals surface area contributed by atoms with Crippen LogP contribution in [-0.2, 0) is 24.2 Å². The van der Waals surface area contributed by atoms with Gasteiger partial charge in [-0.2, -0.15) is 0 Å². The van der Waals surface area contributed by atoms with Gasteiger partial charge in [-0.3, -0.25) is 4.90 Å². The summed E-state index contributed by atoms with van der Waals surface area (Å²) in [5.74, 6) is 0.206. The Balaban J connectivity index is 1.22. The Morgan fingerprint density at radius 1 is 1.08 bits per heavy atom. The number of piperazine rings is 1. The molecule has 2 aliphatic heterocycles. The highest BCUT2D eigenvalue weighted by Crippen LogP contribution is 2.35. The molecule has 0 radical (unpaired) electrons. The first kappa shape index (κ1) is 23.1. The van der Waals surface area contributed by atoms with Crippen molar-refractivity contribution in [1.29, 1.82) is 0 Å². The minimum absolute atomic E-state index is 0.360. The lowest BCUT2D eigenvalue weighted by atomic mass is 10.0. The standard InChI is InChI=1S/C27H30N6O2S/c1-31-9-11-32(12-10-31)16-20-4-6-25(36-20)18-3-5-23-21(13-18)22-17-33(8-7-24(22)30-23)27-28-14-19(15-29-27)26(34)35-2/h3-6,13-15,30H,7-12,16-17H2,1-2H3. The van der Waals surface area contributed by atoms with Gasteiger partial charge in [0.1, 0.15) is 0 Å². The van der Waals surface area contributed by atoms with Crippen LogP contribution < -0.4 is 4.90 Å². The van der Waals surface area contributed by atoms with Crippen molar-refractivity contribution < 1.29 is 9.53 Å². The average Bonchev–Trinajstić information content (AvgIpc) is 3.53. The molecule has 5 heterocycles. The van der Waals surface area contributed by atoms with Gasteiger partial charge < -0.3 is 19.5 Å². The molecule has 3 aromatic heterocycles. The van der Waals surface area contributed by atoms with E-state index in [9.17, 15) is 4.79 Å². The van der Waals surface area contributed by atoms with Crippen molar-refractivity contribution in [2.45, 2.75) is 19.5 Å². The number of nitrogens with one attached hydrogen (secondary N) is 1. The Morgan fingerprint density at radius 2 is 1.89 bits per heavy atom. The summed E-state index contributed by atoms with van der Waals surface area (Å²) < 4.78 is 4.76. The predicted molar refractivity (Wildman–Crippen MR) is 143 cm³/mol. The number of nitrogens with zero attached hydrogens (tertiary/aromatic N) is 5. The summed E-state index contributed by atoms with van der Waals surface area (Å²) in [4.78, 5) is 34.0. The number of H-pyrrole nitrogens is 1. The van der Waals surface area contributed by atoms with E-state index in [-0.39, 0.29) is 0 Å². The maximum absolute atomic E-state index is 11.7. The number of hydrogen-bond acceptors (Lipinski definition) is 8. The van der Waals surface area contributed by atoms with Crippen LogP contribution in [-0.4, -0.2) is 77.6 Å². The summed E-state index contributed by atoms with van der Waals surface area (Å²) in [5, 5.41) is 1.26. The van der Waals surface area contributed by atoms with Gasteiger partial charge in [-0.15, -0.1) is 11.3 Å². The molecule has 4 aromatic rings. The van der Waals surface area contributed by atoms with E-state index in [1.54, 1.807) is 0 Å². The van der Waals surface area contributed by atoms with E-state index in [2.05, 4.69) is 67.0 Å². The van der Waals surface area contributed by atoms with Gasteiger partial charge in [0.25, 0.3) is 0 Å². The van der Waals surface area contributed by atoms with Crippen molar-refractivity contribution in [3.8, 4) is 10.4 Å². The molecule has 2 aliphatic rings. The first-order chi connectivity index (χ1) is 17.6. The van der Waals surface area contributed by atoms with Gasteiger partial charge in [-0.1, -0.05) is 6.07 Å². The zero-order valence-corrected chi connectivity index (χ0v) is 21.5. The third kappa shape index (κ3) is 4.50. The number of aromatic amines is 1. The molecule has 0 spiro atoms. The van der Waals surface area contributed by atoms with Crippen LogP contribution in [0.5, 0.6) is 0 Å². The zero-order valence-electron chi connectivity index (χ0n) is 20.7. The number of likely N-dealkylation sites (N-methyl/N-ethyl adjacent to an activating group) is 1. The molecule has 1 aromatic carbocycles. The van der Waals surface area contributed by atoms with Gasteiger partial charge in [0, 0.05) is 96.5 Å². The summed E-state index contributed by atoms with van der Waals surface area (Å²) >= 11 is 1.90. The van der Waals surface area contributed by atoms with E-state index in [0.29, 0.717) is 11.5 Å². The molecule has 0 bridgehead atoms. The second kappa shape index (κ2) is 9.65. The SMILES string of the molecule is COC(=O)c1cnc(N2CCc3[nH]c4ccc(-c5ccc(CN6CCN(C)CC6)s5)cc4c3C2)nc1. The molecule has 36 heavy (non-hydrogen) atoms. The molecule has 0 amide bonds. The van der Waals surface area contributed by atoms with Gasteiger partial charge in [-0.25, -0.2) is 14.8 Å². The fourth-order valence-corrected chi connectivity index (χ4v) is 6.14. The Hall–Kier alpha value is -3.27. The Morgan fingerprint density at radius 3 is 2.67 bits per heavy atom. The number of benzene rings is 1. The molecule has 0 unspecified atom stereocenters. The normalized spacial score (nSPS) is 16.9. The number of carbonyl (C=O) groups excluding carboxylic acids is 1. The van der Waals surface area contributed by atoms with Crippen molar-refractivity contribution >= 4 is 34.2 Å². The summed E-state index contributed by atoms with van der Waals surface area (Å²) in [6, 6.07) is 11.3. The molecule has 1 fully saturated rings. The molecule has 186 valence electrons. The number of fused-ring (bicyclic) bond motifs is 3. The largest absolute Gasteiger partial charge is 0.465 e. The highest BCUT2D eigenvalue weighted by molar-refractivity contribution is 7.15. The van der Waals surface area contributed by atoms with E-state index in [1.807, 2.05) is 11.3 Å². The Labute approximate surface area is 214 Å². The number of methoxy groups -OCH3 is 1. The minimum atomic E-state index is -0.424. The fraction of sp³-hybridized carbons (Fsp3) is 0.370. The topological polar surface area (TPSA) is 77.6 Å². The highest BCUT2D eigenvalue weighted by Gasteiger charge is 2.23. The van der Waals surface area contributed by atoms with Crippen LogP contribution in [0.3, 0.4) is 0 Å². The lowest BCUT2D eigenvalue weighted by Gasteiger charge is -2.31. The molecule has 6 rings (SSSR count). The first-order valence-corrected chi connectivity index (χ1v) is 13.2. The molecule has 0 aliphatic carbocycles. The Kier molecular flexibility index (Phi) is 6.20. The van der Waals surface area contributed by atoms with Crippen LogP contribution in [0.2, 0.25) is 0 Å². The van der Waals surface area contributed by atoms with Crippen molar-refractivity contribution in [2.24, 2.45) is 0 Å². The maximum atomic E-state index is 11.7. The maximum Gasteiger partial charge on any atom is 0.341 e. The predicted octanol–water partition coefficient (Wildman–Crippen LogP) is 3.78. The lowest BCUT2D eigenvalue weighted by molar-refractivity contribution is 0.0599. The van der Waals surface area contributed by atoms with Gasteiger partial charge in [-0.05, 0) is 36.9 Å². The summed E-state index contributed by atoms with van der Waals surface area (Å²) in [5.41, 5.74) is 5.37. The molecule has 0 saturated carbocycles. The number of carbonyl (C=O) groups is 1. The molecular weight excluding hydrogens is 472 g/mol. The van der Waals surface area contributed by atoms with Crippen LogP contribution in [0, 0.1) is 0 Å². The summed E-state index contributed by atoms with van der Waals surface area (Å²) in [6.07, 6.45) is 3.97. The van der Waals surface area contributed by atoms with E-state index >= 15 is 0 Å². The summed E-state index contributed by atoms with van der Waals surface area (Å²) in [7, 11) is 3.56. The molecule has 9 heteroatoms. The van der Waals surface area contributed by atoms with E-state index in [4.69, 9.17) is 4.74 Å². The number of esters is 1. The third-order valence-corrected chi connectivity index (χ3v) is 8.36. The molecular formula is C27H30N6O2S. The monoisotopic (exact) mass is 502 g/mol. The van der Waals surface area contributed by atoms with E-state index < -0.39 is 5.97 Å². The number of thiophene rings is 1. The van der Waals surface area contributed by atoms with Crippen LogP contribution in [0.15, 0.2) is 42.7 Å². The van der Waals surface area contributed by atoms with Crippen molar-refractivity contribution in [3.63, 3.8) is 0 Å². The first-order valence-electron chi connectivity index (χ1n) is 12.4. The zero-order chi connectivity index (χ0) is 24.6. The van der Waals surface area contributed by atoms with Gasteiger partial charge in [0.05, 0.1) is 12.7 Å². The van der Waals surface area contributed by atoms with Crippen molar-refractivity contribution in [1.82, 2.24) is 24.8 Å². The molecule has 0 atom stereocenters. The highest BCUT2D eigenvalue weighted by atomic mass is 32.1. The molecule has 1 saturated heterocycles. The van der Waals surface area contributed by atoms with E-state index in [1.165, 1.54) is 57.0 Å². The van der Waals surface area contributed by atoms with Crippen LogP contribution in [0.1, 0.15) is 26.5 Å². The smallest absolute Gasteiger partial charge is 0.341 e. The van der Waals surface area contributed by atoms with Crippen LogP contribution >= 0.6 is 11.3 Å². The number of ether oxygens (including phenoxy) is 1. The number of hydrogen-bond donors (Lipinski definition) is 1. The Bertz CT molecular complexity index is 1390. The van der Waals surface area contributed by atoms with Crippen molar-refractivity contribution in [2.75, 3.05) is 51.8 Å². The second-order valence-corrected chi connectivity index (χ2v) is 10.8. The quantitative estimate of drug-likeness (QED) is 0.416. The average molecular weight is 503 g/mol. The molecule has 1 N–H and O–H groups in total. The number of anilines is 1. The molecule has 8 nitrogen and oxygen atoms in total. The van der Waals surface area contributed by atoms with Crippen molar-refractivity contribution in [3.05, 3.63) is 64.4 Å². The number of aromatic nitrogens is 3. The third-order valence-electron chi connectivity index (χ3n) is 7.24. The fourth-order valence-electron chi connectivity index (χ4n) is 5.09. The van der Waals surface area contributed by atoms with Gasteiger partial charge in [0.15, 0.2) is 0 Å². The van der Waals surface area contributed by atoms with E-state index in [0.717, 1.165) is 52.2 Å². The van der Waals surface area contributed by atoms with Gasteiger partial charge >= 0.3 is 5.97 Å². The van der Waals surface area contributed by atoms with Crippen LogP contribution in [0.4, 0.5) is 5.95 Å². The number of rotatable bonds is 5. The lowest BCUT2D eigenvalue weighted by Crippen LogP contribution is -2.43. The van der Waals surface area contributed by atoms with Crippen LogP contribution in [0.25, 0.3) is 21.3 Å². The summed E-state index contributed by atoms with van der Waals surface area (Å²) in [6.45, 7) is 7.15. The minimum Gasteiger partial charge on any atom is -0.465 e. The second-order valence-electron chi connectivity index (χ2n) is 9.62. The van der Waals surface area contributed by atoms with Gasteiger partial charge in [0.2, 0.25) is 5.95 Å².